The molecule has 0 amide bonds. The molecule has 1 unspecified atom stereocenters. The van der Waals surface area contributed by atoms with Gasteiger partial charge in [-0.05, 0) is 12.8 Å². The average molecular weight is 202 g/mol. The van der Waals surface area contributed by atoms with Gasteiger partial charge in [0, 0.05) is 6.61 Å². The molecule has 0 aliphatic carbocycles. The van der Waals surface area contributed by atoms with E-state index in [-0.39, 0.29) is 6.61 Å². The molecule has 3 heteroatoms. The molecular weight excluding hydrogens is 180 g/mol. The van der Waals surface area contributed by atoms with Gasteiger partial charge in [-0.15, -0.1) is 6.58 Å². The van der Waals surface area contributed by atoms with Gasteiger partial charge in [0.1, 0.15) is 0 Å². The van der Waals surface area contributed by atoms with E-state index in [1.54, 1.807) is 6.08 Å². The summed E-state index contributed by atoms with van der Waals surface area (Å²) in [5.74, 6) is 0. The molecule has 0 bridgehead atoms. The molecule has 3 nitrogen and oxygen atoms in total. The number of unbranched alkanes of at least 4 members (excludes halogenated alkanes) is 3. The molecule has 1 atom stereocenters. The first-order valence-electron chi connectivity index (χ1n) is 5.28. The maximum Gasteiger partial charge on any atom is 0.0770 e. The van der Waals surface area contributed by atoms with Crippen molar-refractivity contribution in [3.63, 3.8) is 0 Å². The van der Waals surface area contributed by atoms with Gasteiger partial charge in [-0.25, -0.2) is 0 Å². The molecular formula is C11H22O3. The minimum absolute atomic E-state index is 0.123. The Bertz CT molecular complexity index is 126. The summed E-state index contributed by atoms with van der Waals surface area (Å²) in [5, 5.41) is 17.6. The van der Waals surface area contributed by atoms with Gasteiger partial charge in [0.25, 0.3) is 0 Å². The quantitative estimate of drug-likeness (QED) is 0.417. The van der Waals surface area contributed by atoms with Crippen molar-refractivity contribution in [1.29, 1.82) is 0 Å². The fraction of sp³-hybridized carbons (Fsp3) is 0.818. The van der Waals surface area contributed by atoms with Gasteiger partial charge >= 0.3 is 0 Å². The number of aliphatic hydroxyl groups excluding tert-OH is 2. The molecule has 0 aliphatic heterocycles. The SMILES string of the molecule is C=CCOCCCCCCC(O)CO. The van der Waals surface area contributed by atoms with Crippen LogP contribution in [0.25, 0.3) is 0 Å². The highest BCUT2D eigenvalue weighted by Crippen LogP contribution is 2.05. The van der Waals surface area contributed by atoms with E-state index in [9.17, 15) is 0 Å². The zero-order chi connectivity index (χ0) is 10.6. The van der Waals surface area contributed by atoms with Crippen LogP contribution in [0, 0.1) is 0 Å². The second kappa shape index (κ2) is 10.7. The van der Waals surface area contributed by atoms with Crippen LogP contribution in [-0.4, -0.2) is 36.1 Å². The molecule has 0 aliphatic rings. The number of hydrogen-bond acceptors (Lipinski definition) is 3. The fourth-order valence-electron chi connectivity index (χ4n) is 1.20. The van der Waals surface area contributed by atoms with Gasteiger partial charge < -0.3 is 14.9 Å². The maximum absolute atomic E-state index is 9.04. The minimum atomic E-state index is -0.535. The van der Waals surface area contributed by atoms with E-state index in [1.807, 2.05) is 0 Å². The smallest absolute Gasteiger partial charge is 0.0770 e. The van der Waals surface area contributed by atoms with Gasteiger partial charge in [0.05, 0.1) is 19.3 Å². The number of aliphatic hydroxyl groups is 2. The van der Waals surface area contributed by atoms with Crippen LogP contribution in [0.2, 0.25) is 0 Å². The molecule has 0 aromatic carbocycles. The number of rotatable bonds is 10. The van der Waals surface area contributed by atoms with Crippen LogP contribution in [0.4, 0.5) is 0 Å². The van der Waals surface area contributed by atoms with E-state index in [0.29, 0.717) is 13.0 Å². The Kier molecular flexibility index (Phi) is 10.4. The number of ether oxygens (including phenoxy) is 1. The lowest BCUT2D eigenvalue weighted by Crippen LogP contribution is -2.11. The normalized spacial score (nSPS) is 12.7. The molecule has 0 spiro atoms. The van der Waals surface area contributed by atoms with Crippen LogP contribution in [0.1, 0.15) is 32.1 Å². The molecule has 14 heavy (non-hydrogen) atoms. The summed E-state index contributed by atoms with van der Waals surface area (Å²) in [6, 6.07) is 0. The predicted octanol–water partition coefficient (Wildman–Crippen LogP) is 1.49. The highest BCUT2D eigenvalue weighted by Gasteiger charge is 2.00. The Hall–Kier alpha value is -0.380. The second-order valence-electron chi connectivity index (χ2n) is 3.40. The second-order valence-corrected chi connectivity index (χ2v) is 3.40. The van der Waals surface area contributed by atoms with Gasteiger partial charge in [-0.1, -0.05) is 25.3 Å². The molecule has 0 radical (unpaired) electrons. The van der Waals surface area contributed by atoms with E-state index in [4.69, 9.17) is 14.9 Å². The lowest BCUT2D eigenvalue weighted by molar-refractivity contribution is 0.0857. The highest BCUT2D eigenvalue weighted by molar-refractivity contribution is 4.63. The molecule has 0 rings (SSSR count). The molecule has 0 aromatic heterocycles. The molecule has 0 saturated heterocycles. The van der Waals surface area contributed by atoms with Crippen LogP contribution in [0.5, 0.6) is 0 Å². The zero-order valence-electron chi connectivity index (χ0n) is 8.82. The van der Waals surface area contributed by atoms with Crippen molar-refractivity contribution in [3.8, 4) is 0 Å². The standard InChI is InChI=1S/C11H22O3/c1-2-8-14-9-6-4-3-5-7-11(13)10-12/h2,11-13H,1,3-10H2. The third-order valence-electron chi connectivity index (χ3n) is 2.02. The van der Waals surface area contributed by atoms with Crippen molar-refractivity contribution < 1.29 is 14.9 Å². The van der Waals surface area contributed by atoms with Crippen LogP contribution < -0.4 is 0 Å². The summed E-state index contributed by atoms with van der Waals surface area (Å²) < 4.78 is 5.22. The first-order valence-corrected chi connectivity index (χ1v) is 5.28. The molecule has 0 saturated carbocycles. The highest BCUT2D eigenvalue weighted by atomic mass is 16.5. The van der Waals surface area contributed by atoms with Crippen LogP contribution in [0.15, 0.2) is 12.7 Å². The van der Waals surface area contributed by atoms with Crippen molar-refractivity contribution in [3.05, 3.63) is 12.7 Å². The minimum Gasteiger partial charge on any atom is -0.394 e. The van der Waals surface area contributed by atoms with Crippen LogP contribution in [0.3, 0.4) is 0 Å². The third-order valence-corrected chi connectivity index (χ3v) is 2.02. The lowest BCUT2D eigenvalue weighted by Gasteiger charge is -2.06. The van der Waals surface area contributed by atoms with Crippen molar-refractivity contribution in [2.24, 2.45) is 0 Å². The van der Waals surface area contributed by atoms with Gasteiger partial charge in [-0.3, -0.25) is 0 Å². The summed E-state index contributed by atoms with van der Waals surface area (Å²) in [5.41, 5.74) is 0. The summed E-state index contributed by atoms with van der Waals surface area (Å²) >= 11 is 0. The van der Waals surface area contributed by atoms with Crippen molar-refractivity contribution in [1.82, 2.24) is 0 Å². The molecule has 0 heterocycles. The fourth-order valence-corrected chi connectivity index (χ4v) is 1.20. The van der Waals surface area contributed by atoms with Crippen molar-refractivity contribution >= 4 is 0 Å². The van der Waals surface area contributed by atoms with E-state index >= 15 is 0 Å². The van der Waals surface area contributed by atoms with Crippen molar-refractivity contribution in [2.75, 3.05) is 19.8 Å². The van der Waals surface area contributed by atoms with E-state index < -0.39 is 6.10 Å². The number of hydrogen-bond donors (Lipinski definition) is 2. The van der Waals surface area contributed by atoms with Gasteiger partial charge in [0.15, 0.2) is 0 Å². The molecule has 0 fully saturated rings. The Labute approximate surface area is 86.4 Å². The first kappa shape index (κ1) is 13.6. The maximum atomic E-state index is 9.04. The molecule has 0 aromatic rings. The zero-order valence-corrected chi connectivity index (χ0v) is 8.82. The third kappa shape index (κ3) is 9.71. The molecule has 84 valence electrons. The van der Waals surface area contributed by atoms with Gasteiger partial charge in [0.2, 0.25) is 0 Å². The Morgan fingerprint density at radius 3 is 2.57 bits per heavy atom. The predicted molar refractivity (Wildman–Crippen MR) is 57.2 cm³/mol. The Morgan fingerprint density at radius 1 is 1.21 bits per heavy atom. The Morgan fingerprint density at radius 2 is 1.93 bits per heavy atom. The topological polar surface area (TPSA) is 49.7 Å². The lowest BCUT2D eigenvalue weighted by atomic mass is 10.1. The summed E-state index contributed by atoms with van der Waals surface area (Å²) in [4.78, 5) is 0. The van der Waals surface area contributed by atoms with E-state index in [2.05, 4.69) is 6.58 Å². The van der Waals surface area contributed by atoms with Crippen LogP contribution >= 0.6 is 0 Å². The van der Waals surface area contributed by atoms with Gasteiger partial charge in [-0.2, -0.15) is 0 Å². The van der Waals surface area contributed by atoms with E-state index in [1.165, 1.54) is 0 Å². The molecule has 2 N–H and O–H groups in total. The average Bonchev–Trinajstić information content (AvgIpc) is 2.21. The largest absolute Gasteiger partial charge is 0.394 e. The van der Waals surface area contributed by atoms with Crippen LogP contribution in [-0.2, 0) is 4.74 Å². The van der Waals surface area contributed by atoms with E-state index in [0.717, 1.165) is 32.3 Å². The summed E-state index contributed by atoms with van der Waals surface area (Å²) in [6.07, 6.45) is 6.16. The Balaban J connectivity index is 2.95. The van der Waals surface area contributed by atoms with Crippen molar-refractivity contribution in [2.45, 2.75) is 38.2 Å². The first-order chi connectivity index (χ1) is 6.81. The summed E-state index contributed by atoms with van der Waals surface area (Å²) in [7, 11) is 0. The monoisotopic (exact) mass is 202 g/mol. The summed E-state index contributed by atoms with van der Waals surface area (Å²) in [6.45, 7) is 4.85.